The van der Waals surface area contributed by atoms with Gasteiger partial charge >= 0.3 is 5.97 Å². The summed E-state index contributed by atoms with van der Waals surface area (Å²) in [6.45, 7) is 0.933. The number of likely N-dealkylation sites (tertiary alicyclic amines) is 1. The van der Waals surface area contributed by atoms with E-state index in [1.807, 2.05) is 0 Å². The Labute approximate surface area is 165 Å². The molecule has 1 N–H and O–H groups in total. The number of carbonyl (C=O) groups is 2. The summed E-state index contributed by atoms with van der Waals surface area (Å²) in [5.74, 6) is -0.834. The molecule has 0 radical (unpaired) electrons. The maximum atomic E-state index is 12.2. The molecule has 0 aromatic heterocycles. The minimum Gasteiger partial charge on any atom is -0.456 e. The molecule has 1 saturated heterocycles. The maximum absolute atomic E-state index is 12.2. The van der Waals surface area contributed by atoms with Crippen molar-refractivity contribution in [3.63, 3.8) is 0 Å². The molecule has 0 saturated carbocycles. The van der Waals surface area contributed by atoms with E-state index < -0.39 is 16.0 Å². The van der Waals surface area contributed by atoms with Crippen LogP contribution in [-0.2, 0) is 24.3 Å². The molecule has 7 nitrogen and oxygen atoms in total. The smallest absolute Gasteiger partial charge is 0.307 e. The highest BCUT2D eigenvalue weighted by atomic mass is 35.5. The van der Waals surface area contributed by atoms with Crippen LogP contribution in [0.3, 0.4) is 0 Å². The lowest BCUT2D eigenvalue weighted by atomic mass is 10.1. The fourth-order valence-electron chi connectivity index (χ4n) is 2.83. The predicted octanol–water partition coefficient (Wildman–Crippen LogP) is 2.34. The third-order valence-corrected chi connectivity index (χ3v) is 6.27. The normalized spacial score (nSPS) is 15.7. The molecule has 1 aliphatic heterocycles. The first kappa shape index (κ1) is 21.7. The average molecular weight is 417 g/mol. The van der Waals surface area contributed by atoms with Gasteiger partial charge in [0.15, 0.2) is 6.61 Å². The second-order valence-electron chi connectivity index (χ2n) is 6.39. The Morgan fingerprint density at radius 3 is 2.37 bits per heavy atom. The van der Waals surface area contributed by atoms with Crippen LogP contribution in [0.4, 0.5) is 0 Å². The third-order valence-electron chi connectivity index (χ3n) is 4.31. The molecule has 0 atom stereocenters. The summed E-state index contributed by atoms with van der Waals surface area (Å²) in [5, 5.41) is 0.103. The number of hydrogen-bond donors (Lipinski definition) is 1. The molecule has 1 aromatic carbocycles. The summed E-state index contributed by atoms with van der Waals surface area (Å²) in [6, 6.07) is 6.04. The summed E-state index contributed by atoms with van der Waals surface area (Å²) in [4.78, 5) is 25.6. The van der Waals surface area contributed by atoms with E-state index in [1.165, 1.54) is 18.6 Å². The van der Waals surface area contributed by atoms with Gasteiger partial charge in [0.25, 0.3) is 5.91 Å². The van der Waals surface area contributed by atoms with Gasteiger partial charge < -0.3 is 9.64 Å². The number of halogens is 1. The Morgan fingerprint density at radius 2 is 1.70 bits per heavy atom. The van der Waals surface area contributed by atoms with Gasteiger partial charge in [0.2, 0.25) is 10.0 Å². The van der Waals surface area contributed by atoms with Crippen molar-refractivity contribution < 1.29 is 22.7 Å². The number of carbonyl (C=O) groups excluding carboxylic acids is 2. The fraction of sp³-hybridized carbons (Fsp3) is 0.556. The standard InChI is InChI=1S/C18H25ClN2O5S/c19-15-8-4-5-9-16(15)27(24,25)20-11-10-18(23)26-14-17(22)21-12-6-2-1-3-7-13-21/h4-5,8-9,20H,1-3,6-7,10-14H2. The lowest BCUT2D eigenvalue weighted by molar-refractivity contribution is -0.152. The fourth-order valence-corrected chi connectivity index (χ4v) is 4.38. The zero-order chi connectivity index (χ0) is 19.7. The van der Waals surface area contributed by atoms with E-state index in [0.29, 0.717) is 13.1 Å². The summed E-state index contributed by atoms with van der Waals surface area (Å²) in [6.07, 6.45) is 5.16. The van der Waals surface area contributed by atoms with Crippen molar-refractivity contribution in [3.8, 4) is 0 Å². The summed E-state index contributed by atoms with van der Waals surface area (Å²) in [7, 11) is -3.81. The maximum Gasteiger partial charge on any atom is 0.307 e. The summed E-state index contributed by atoms with van der Waals surface area (Å²) < 4.78 is 31.6. The number of hydrogen-bond acceptors (Lipinski definition) is 5. The first-order valence-electron chi connectivity index (χ1n) is 9.08. The molecule has 150 valence electrons. The Hall–Kier alpha value is -1.64. The van der Waals surface area contributed by atoms with Gasteiger partial charge in [0, 0.05) is 19.6 Å². The minimum absolute atomic E-state index is 0.0488. The van der Waals surface area contributed by atoms with Crippen molar-refractivity contribution in [1.82, 2.24) is 9.62 Å². The number of esters is 1. The highest BCUT2D eigenvalue weighted by Gasteiger charge is 2.19. The highest BCUT2D eigenvalue weighted by Crippen LogP contribution is 2.20. The second kappa shape index (κ2) is 10.6. The van der Waals surface area contributed by atoms with Crippen LogP contribution in [0.25, 0.3) is 0 Å². The van der Waals surface area contributed by atoms with E-state index >= 15 is 0 Å². The lowest BCUT2D eigenvalue weighted by Gasteiger charge is -2.24. The van der Waals surface area contributed by atoms with Crippen LogP contribution in [-0.4, -0.2) is 51.4 Å². The SMILES string of the molecule is O=C(CCNS(=O)(=O)c1ccccc1Cl)OCC(=O)N1CCCCCCC1. The molecule has 0 aliphatic carbocycles. The Bertz CT molecular complexity index is 746. The molecule has 27 heavy (non-hydrogen) atoms. The van der Waals surface area contributed by atoms with E-state index in [9.17, 15) is 18.0 Å². The van der Waals surface area contributed by atoms with E-state index in [0.717, 1.165) is 25.7 Å². The predicted molar refractivity (Wildman–Crippen MR) is 102 cm³/mol. The molecule has 1 fully saturated rings. The number of amides is 1. The lowest BCUT2D eigenvalue weighted by Crippen LogP contribution is -2.37. The topological polar surface area (TPSA) is 92.8 Å². The molecule has 1 heterocycles. The van der Waals surface area contributed by atoms with Crippen LogP contribution >= 0.6 is 11.6 Å². The van der Waals surface area contributed by atoms with E-state index in [1.54, 1.807) is 17.0 Å². The highest BCUT2D eigenvalue weighted by molar-refractivity contribution is 7.89. The van der Waals surface area contributed by atoms with Gasteiger partial charge in [-0.1, -0.05) is 43.0 Å². The van der Waals surface area contributed by atoms with Crippen molar-refractivity contribution in [3.05, 3.63) is 29.3 Å². The second-order valence-corrected chi connectivity index (χ2v) is 8.53. The van der Waals surface area contributed by atoms with Crippen molar-refractivity contribution in [2.75, 3.05) is 26.2 Å². The van der Waals surface area contributed by atoms with Crippen LogP contribution in [0.5, 0.6) is 0 Å². The number of sulfonamides is 1. The monoisotopic (exact) mass is 416 g/mol. The molecule has 9 heteroatoms. The molecule has 0 unspecified atom stereocenters. The van der Waals surface area contributed by atoms with Crippen molar-refractivity contribution in [1.29, 1.82) is 0 Å². The largest absolute Gasteiger partial charge is 0.456 e. The number of rotatable bonds is 7. The number of ether oxygens (including phenoxy) is 1. The summed E-state index contributed by atoms with van der Waals surface area (Å²) in [5.41, 5.74) is 0. The van der Waals surface area contributed by atoms with Crippen LogP contribution in [0.2, 0.25) is 5.02 Å². The van der Waals surface area contributed by atoms with Crippen LogP contribution in [0.1, 0.15) is 38.5 Å². The van der Waals surface area contributed by atoms with Gasteiger partial charge in [-0.3, -0.25) is 9.59 Å². The zero-order valence-electron chi connectivity index (χ0n) is 15.2. The Morgan fingerprint density at radius 1 is 1.07 bits per heavy atom. The first-order chi connectivity index (χ1) is 12.9. The molecule has 1 amide bonds. The molecular formula is C18H25ClN2O5S. The Balaban J connectivity index is 1.73. The summed E-state index contributed by atoms with van der Waals surface area (Å²) >= 11 is 5.88. The molecule has 2 rings (SSSR count). The molecule has 1 aromatic rings. The average Bonchev–Trinajstić information content (AvgIpc) is 2.59. The third kappa shape index (κ3) is 7.12. The molecule has 1 aliphatic rings. The van der Waals surface area contributed by atoms with Gasteiger partial charge in [-0.05, 0) is 25.0 Å². The van der Waals surface area contributed by atoms with Gasteiger partial charge in [0.1, 0.15) is 4.90 Å². The van der Waals surface area contributed by atoms with Crippen LogP contribution < -0.4 is 4.72 Å². The van der Waals surface area contributed by atoms with Gasteiger partial charge in [-0.15, -0.1) is 0 Å². The zero-order valence-corrected chi connectivity index (χ0v) is 16.7. The first-order valence-corrected chi connectivity index (χ1v) is 10.9. The Kier molecular flexibility index (Phi) is 8.53. The molecule has 0 bridgehead atoms. The van der Waals surface area contributed by atoms with Gasteiger partial charge in [-0.25, -0.2) is 13.1 Å². The van der Waals surface area contributed by atoms with Gasteiger partial charge in [-0.2, -0.15) is 0 Å². The number of nitrogens with zero attached hydrogens (tertiary/aromatic N) is 1. The molecule has 0 spiro atoms. The van der Waals surface area contributed by atoms with Gasteiger partial charge in [0.05, 0.1) is 11.4 Å². The van der Waals surface area contributed by atoms with E-state index in [4.69, 9.17) is 16.3 Å². The van der Waals surface area contributed by atoms with E-state index in [-0.39, 0.29) is 35.4 Å². The van der Waals surface area contributed by atoms with Crippen molar-refractivity contribution in [2.45, 2.75) is 43.4 Å². The van der Waals surface area contributed by atoms with E-state index in [2.05, 4.69) is 4.72 Å². The quantitative estimate of drug-likeness (QED) is 0.688. The van der Waals surface area contributed by atoms with Crippen molar-refractivity contribution >= 4 is 33.5 Å². The number of nitrogens with one attached hydrogen (secondary N) is 1. The van der Waals surface area contributed by atoms with Crippen LogP contribution in [0, 0.1) is 0 Å². The van der Waals surface area contributed by atoms with Crippen molar-refractivity contribution in [2.24, 2.45) is 0 Å². The number of benzene rings is 1. The minimum atomic E-state index is -3.81. The van der Waals surface area contributed by atoms with Crippen LogP contribution in [0.15, 0.2) is 29.2 Å². The molecular weight excluding hydrogens is 392 g/mol.